The molecule has 3 N–H and O–H groups in total. The lowest BCUT2D eigenvalue weighted by Gasteiger charge is -2.30. The van der Waals surface area contributed by atoms with Gasteiger partial charge in [0.2, 0.25) is 11.9 Å². The van der Waals surface area contributed by atoms with E-state index in [9.17, 15) is 4.79 Å². The molecule has 1 fully saturated rings. The third-order valence-electron chi connectivity index (χ3n) is 5.87. The Morgan fingerprint density at radius 3 is 2.56 bits per heavy atom. The molecule has 170 valence electrons. The summed E-state index contributed by atoms with van der Waals surface area (Å²) in [4.78, 5) is 24.2. The van der Waals surface area contributed by atoms with E-state index in [1.807, 2.05) is 37.2 Å². The fourth-order valence-corrected chi connectivity index (χ4v) is 5.29. The fourth-order valence-electron chi connectivity index (χ4n) is 4.31. The first-order valence-electron chi connectivity index (χ1n) is 11.2. The number of hydrogen-bond donors (Lipinski definition) is 3. The molecule has 1 aromatic carbocycles. The van der Waals surface area contributed by atoms with E-state index in [4.69, 9.17) is 9.97 Å². The summed E-state index contributed by atoms with van der Waals surface area (Å²) >= 11 is 1.64. The minimum absolute atomic E-state index is 0.0204. The summed E-state index contributed by atoms with van der Waals surface area (Å²) in [7, 11) is 4.03. The number of aromatic nitrogens is 2. The van der Waals surface area contributed by atoms with Gasteiger partial charge in [-0.25, -0.2) is 4.98 Å². The van der Waals surface area contributed by atoms with Crippen molar-refractivity contribution in [2.45, 2.75) is 58.2 Å². The topological polar surface area (TPSA) is 82.2 Å². The number of amides is 1. The van der Waals surface area contributed by atoms with Gasteiger partial charge in [0, 0.05) is 55.5 Å². The Bertz CT molecular complexity index is 1090. The van der Waals surface area contributed by atoms with Crippen LogP contribution in [-0.2, 0) is 11.3 Å². The minimum atomic E-state index is -0.0204. The first-order chi connectivity index (χ1) is 15.4. The average molecular weight is 453 g/mol. The number of carbonyl (C=O) groups is 1. The lowest BCUT2D eigenvalue weighted by molar-refractivity contribution is -0.114. The van der Waals surface area contributed by atoms with Crippen molar-refractivity contribution < 1.29 is 4.79 Å². The van der Waals surface area contributed by atoms with Gasteiger partial charge in [0.05, 0.1) is 10.5 Å². The summed E-state index contributed by atoms with van der Waals surface area (Å²) in [6, 6.07) is 11.2. The smallest absolute Gasteiger partial charge is 0.225 e. The first-order valence-corrected chi connectivity index (χ1v) is 12.0. The highest BCUT2D eigenvalue weighted by Crippen LogP contribution is 2.29. The highest BCUT2D eigenvalue weighted by atomic mass is 32.1. The fraction of sp³-hybridized carbons (Fsp3) is 0.458. The quantitative estimate of drug-likeness (QED) is 0.488. The van der Waals surface area contributed by atoms with Crippen LogP contribution in [0.3, 0.4) is 0 Å². The van der Waals surface area contributed by atoms with Crippen molar-refractivity contribution >= 4 is 44.9 Å². The predicted octanol–water partition coefficient (Wildman–Crippen LogP) is 4.54. The Hall–Kier alpha value is -2.71. The summed E-state index contributed by atoms with van der Waals surface area (Å²) in [5, 5.41) is 12.2. The number of nitrogens with one attached hydrogen (secondary N) is 3. The highest BCUT2D eigenvalue weighted by Gasteiger charge is 2.22. The molecule has 1 aliphatic carbocycles. The first kappa shape index (κ1) is 22.5. The third-order valence-corrected chi connectivity index (χ3v) is 6.88. The number of rotatable bonds is 7. The monoisotopic (exact) mass is 452 g/mol. The van der Waals surface area contributed by atoms with Crippen molar-refractivity contribution in [1.82, 2.24) is 15.3 Å². The van der Waals surface area contributed by atoms with Crippen molar-refractivity contribution in [1.29, 1.82) is 0 Å². The number of thiophene rings is 1. The van der Waals surface area contributed by atoms with Gasteiger partial charge in [-0.3, -0.25) is 4.79 Å². The van der Waals surface area contributed by atoms with Crippen LogP contribution in [0.5, 0.6) is 0 Å². The number of hydrogen-bond acceptors (Lipinski definition) is 7. The number of fused-ring (bicyclic) bond motifs is 1. The number of nitrogens with zero attached hydrogens (tertiary/aromatic N) is 3. The average Bonchev–Trinajstić information content (AvgIpc) is 3.10. The molecular formula is C24H32N6OS. The second-order valence-corrected chi connectivity index (χ2v) is 10.0. The van der Waals surface area contributed by atoms with E-state index in [1.165, 1.54) is 10.4 Å². The van der Waals surface area contributed by atoms with Crippen molar-refractivity contribution in [3.8, 4) is 0 Å². The van der Waals surface area contributed by atoms with E-state index in [0.717, 1.165) is 53.9 Å². The second kappa shape index (κ2) is 9.83. The number of carbonyl (C=O) groups excluding carboxylic acids is 1. The molecule has 0 spiro atoms. The molecule has 4 rings (SSSR count). The molecule has 3 aromatic rings. The molecule has 0 saturated heterocycles. The predicted molar refractivity (Wildman–Crippen MR) is 134 cm³/mol. The molecule has 1 aliphatic rings. The second-order valence-electron chi connectivity index (χ2n) is 8.75. The van der Waals surface area contributed by atoms with E-state index in [2.05, 4.69) is 35.0 Å². The number of anilines is 3. The van der Waals surface area contributed by atoms with Crippen LogP contribution in [0.4, 0.5) is 16.8 Å². The number of aryl methyl sites for hydroxylation is 1. The Morgan fingerprint density at radius 2 is 1.84 bits per heavy atom. The molecule has 0 atom stereocenters. The Kier molecular flexibility index (Phi) is 6.91. The maximum Gasteiger partial charge on any atom is 0.225 e. The van der Waals surface area contributed by atoms with Crippen molar-refractivity contribution in [3.63, 3.8) is 0 Å². The molecule has 2 heterocycles. The van der Waals surface area contributed by atoms with Crippen molar-refractivity contribution in [2.75, 3.05) is 29.6 Å². The largest absolute Gasteiger partial charge is 0.362 e. The molecule has 1 saturated carbocycles. The zero-order chi connectivity index (χ0) is 22.7. The molecule has 0 aliphatic heterocycles. The molecule has 32 heavy (non-hydrogen) atoms. The van der Waals surface area contributed by atoms with Crippen LogP contribution in [0.2, 0.25) is 0 Å². The summed E-state index contributed by atoms with van der Waals surface area (Å²) in [5.74, 6) is 1.63. The third kappa shape index (κ3) is 5.37. The minimum Gasteiger partial charge on any atom is -0.362 e. The van der Waals surface area contributed by atoms with Crippen LogP contribution >= 0.6 is 11.3 Å². The highest BCUT2D eigenvalue weighted by molar-refractivity contribution is 7.16. The summed E-state index contributed by atoms with van der Waals surface area (Å²) in [6.45, 7) is 4.41. The molecule has 2 aromatic heterocycles. The van der Waals surface area contributed by atoms with Crippen molar-refractivity contribution in [3.05, 3.63) is 40.8 Å². The molecule has 0 unspecified atom stereocenters. The van der Waals surface area contributed by atoms with Gasteiger partial charge in [-0.1, -0.05) is 12.1 Å². The molecule has 0 bridgehead atoms. The molecule has 0 radical (unpaired) electrons. The van der Waals surface area contributed by atoms with E-state index >= 15 is 0 Å². The lowest BCUT2D eigenvalue weighted by atomic mass is 9.91. The Labute approximate surface area is 193 Å². The molecule has 1 amide bonds. The molecular weight excluding hydrogens is 420 g/mol. The van der Waals surface area contributed by atoms with Gasteiger partial charge in [-0.15, -0.1) is 11.3 Å². The van der Waals surface area contributed by atoms with Gasteiger partial charge >= 0.3 is 0 Å². The van der Waals surface area contributed by atoms with Crippen LogP contribution in [0.1, 0.15) is 43.0 Å². The van der Waals surface area contributed by atoms with Crippen LogP contribution < -0.4 is 20.9 Å². The van der Waals surface area contributed by atoms with Gasteiger partial charge < -0.3 is 20.9 Å². The zero-order valence-electron chi connectivity index (χ0n) is 19.2. The molecule has 7 nitrogen and oxygen atoms in total. The van der Waals surface area contributed by atoms with Crippen LogP contribution in [0.25, 0.3) is 10.9 Å². The Morgan fingerprint density at radius 1 is 1.12 bits per heavy atom. The van der Waals surface area contributed by atoms with Gasteiger partial charge in [0.25, 0.3) is 0 Å². The van der Waals surface area contributed by atoms with Gasteiger partial charge in [0.1, 0.15) is 5.82 Å². The lowest BCUT2D eigenvalue weighted by Crippen LogP contribution is -2.37. The standard InChI is InChI=1S/C24H32N6OS/c1-15-13-17(23(32-15)26-16(2)31)14-25-18-9-11-19(12-10-18)27-24-28-21-8-6-5-7-20(21)22(29-24)30(3)4/h5-8,13,18-19,25H,9-12,14H2,1-4H3,(H,26,31)(H,27,28,29)/t18-,19+. The summed E-state index contributed by atoms with van der Waals surface area (Å²) in [5.41, 5.74) is 2.13. The molecule has 8 heteroatoms. The van der Waals surface area contributed by atoms with Crippen LogP contribution in [0, 0.1) is 6.92 Å². The van der Waals surface area contributed by atoms with Crippen molar-refractivity contribution in [2.24, 2.45) is 0 Å². The summed E-state index contributed by atoms with van der Waals surface area (Å²) in [6.07, 6.45) is 4.35. The Balaban J connectivity index is 1.33. The van der Waals surface area contributed by atoms with Gasteiger partial charge in [-0.05, 0) is 50.8 Å². The van der Waals surface area contributed by atoms with E-state index < -0.39 is 0 Å². The van der Waals surface area contributed by atoms with Gasteiger partial charge in [0.15, 0.2) is 0 Å². The summed E-state index contributed by atoms with van der Waals surface area (Å²) < 4.78 is 0. The van der Waals surface area contributed by atoms with Gasteiger partial charge in [-0.2, -0.15) is 4.98 Å². The van der Waals surface area contributed by atoms with Crippen LogP contribution in [0.15, 0.2) is 30.3 Å². The SMILES string of the molecule is CC(=O)Nc1sc(C)cc1CN[C@H]1CC[C@@H](Nc2nc(N(C)C)c3ccccc3n2)CC1. The zero-order valence-corrected chi connectivity index (χ0v) is 20.1. The number of benzene rings is 1. The van der Waals surface area contributed by atoms with E-state index in [-0.39, 0.29) is 5.91 Å². The maximum absolute atomic E-state index is 11.5. The maximum atomic E-state index is 11.5. The number of para-hydroxylation sites is 1. The van der Waals surface area contributed by atoms with E-state index in [1.54, 1.807) is 18.3 Å². The van der Waals surface area contributed by atoms with E-state index in [0.29, 0.717) is 18.0 Å². The van der Waals surface area contributed by atoms with Crippen LogP contribution in [-0.4, -0.2) is 42.1 Å². The normalized spacial score (nSPS) is 18.5.